The first-order valence-corrected chi connectivity index (χ1v) is 6.75. The SMILES string of the molecule is COc1cccc2c1[nH]c(=O)n2C1CCCS1. The second-order valence-electron chi connectivity index (χ2n) is 4.12. The van der Waals surface area contributed by atoms with Gasteiger partial charge >= 0.3 is 5.69 Å². The van der Waals surface area contributed by atoms with Crippen molar-refractivity contribution in [3.63, 3.8) is 0 Å². The molecule has 1 unspecified atom stereocenters. The minimum atomic E-state index is -0.0381. The molecule has 0 saturated carbocycles. The van der Waals surface area contributed by atoms with Gasteiger partial charge in [0.25, 0.3) is 0 Å². The molecule has 2 heterocycles. The van der Waals surface area contributed by atoms with Gasteiger partial charge in [-0.2, -0.15) is 0 Å². The first kappa shape index (κ1) is 10.8. The van der Waals surface area contributed by atoms with Gasteiger partial charge in [0.1, 0.15) is 11.3 Å². The van der Waals surface area contributed by atoms with Crippen LogP contribution in [0.2, 0.25) is 0 Å². The first-order chi connectivity index (χ1) is 8.31. The molecule has 0 spiro atoms. The summed E-state index contributed by atoms with van der Waals surface area (Å²) in [6, 6.07) is 5.75. The average molecular weight is 250 g/mol. The topological polar surface area (TPSA) is 47.0 Å². The number of benzene rings is 1. The Morgan fingerprint density at radius 2 is 2.41 bits per heavy atom. The molecule has 0 bridgehead atoms. The highest BCUT2D eigenvalue weighted by Gasteiger charge is 2.22. The quantitative estimate of drug-likeness (QED) is 0.890. The monoisotopic (exact) mass is 250 g/mol. The zero-order valence-electron chi connectivity index (χ0n) is 9.60. The number of hydrogen-bond donors (Lipinski definition) is 1. The molecule has 2 aromatic rings. The van der Waals surface area contributed by atoms with Gasteiger partial charge in [0, 0.05) is 0 Å². The molecule has 5 heteroatoms. The Hall–Kier alpha value is -1.36. The largest absolute Gasteiger partial charge is 0.494 e. The standard InChI is InChI=1S/C12H14N2O2S/c1-16-9-5-2-4-8-11(9)13-12(15)14(8)10-6-3-7-17-10/h2,4-5,10H,3,6-7H2,1H3,(H,13,15). The fourth-order valence-electron chi connectivity index (χ4n) is 2.34. The van der Waals surface area contributed by atoms with Crippen molar-refractivity contribution in [1.29, 1.82) is 0 Å². The first-order valence-electron chi connectivity index (χ1n) is 5.70. The Bertz CT molecular complexity index is 596. The van der Waals surface area contributed by atoms with Crippen LogP contribution < -0.4 is 10.4 Å². The van der Waals surface area contributed by atoms with Gasteiger partial charge in [0.05, 0.1) is 18.0 Å². The molecule has 4 nitrogen and oxygen atoms in total. The van der Waals surface area contributed by atoms with Crippen molar-refractivity contribution in [3.8, 4) is 5.75 Å². The molecule has 1 fully saturated rings. The van der Waals surface area contributed by atoms with Crippen LogP contribution in [0, 0.1) is 0 Å². The molecule has 1 aromatic carbocycles. The number of para-hydroxylation sites is 1. The molecule has 90 valence electrons. The normalized spacial score (nSPS) is 19.9. The molecule has 1 aliphatic heterocycles. The van der Waals surface area contributed by atoms with E-state index in [1.165, 1.54) is 6.42 Å². The third kappa shape index (κ3) is 1.65. The zero-order chi connectivity index (χ0) is 11.8. The van der Waals surface area contributed by atoms with Crippen LogP contribution in [0.15, 0.2) is 23.0 Å². The van der Waals surface area contributed by atoms with E-state index in [4.69, 9.17) is 4.74 Å². The molecule has 0 amide bonds. The summed E-state index contributed by atoms with van der Waals surface area (Å²) in [5.41, 5.74) is 1.70. The lowest BCUT2D eigenvalue weighted by Gasteiger charge is -2.10. The van der Waals surface area contributed by atoms with Crippen LogP contribution in [0.4, 0.5) is 0 Å². The maximum Gasteiger partial charge on any atom is 0.327 e. The summed E-state index contributed by atoms with van der Waals surface area (Å²) < 4.78 is 7.12. The summed E-state index contributed by atoms with van der Waals surface area (Å²) in [5.74, 6) is 1.86. The number of ether oxygens (including phenoxy) is 1. The average Bonchev–Trinajstić information content (AvgIpc) is 2.93. The van der Waals surface area contributed by atoms with E-state index in [9.17, 15) is 4.79 Å². The minimum Gasteiger partial charge on any atom is -0.494 e. The van der Waals surface area contributed by atoms with Crippen molar-refractivity contribution < 1.29 is 4.74 Å². The van der Waals surface area contributed by atoms with E-state index in [0.717, 1.165) is 29.0 Å². The lowest BCUT2D eigenvalue weighted by atomic mass is 10.3. The lowest BCUT2D eigenvalue weighted by molar-refractivity contribution is 0.419. The number of rotatable bonds is 2. The highest BCUT2D eigenvalue weighted by molar-refractivity contribution is 7.99. The second-order valence-corrected chi connectivity index (χ2v) is 5.41. The predicted octanol–water partition coefficient (Wildman–Crippen LogP) is 2.36. The van der Waals surface area contributed by atoms with Crippen molar-refractivity contribution in [1.82, 2.24) is 9.55 Å². The van der Waals surface area contributed by atoms with Crippen LogP contribution in [0.5, 0.6) is 5.75 Å². The maximum absolute atomic E-state index is 12.0. The summed E-state index contributed by atoms with van der Waals surface area (Å²) in [5, 5.41) is 0.267. The summed E-state index contributed by atoms with van der Waals surface area (Å²) in [4.78, 5) is 14.9. The number of aromatic amines is 1. The molecule has 17 heavy (non-hydrogen) atoms. The number of methoxy groups -OCH3 is 1. The fraction of sp³-hybridized carbons (Fsp3) is 0.417. The lowest BCUT2D eigenvalue weighted by Crippen LogP contribution is -2.18. The highest BCUT2D eigenvalue weighted by Crippen LogP contribution is 2.37. The molecule has 1 aromatic heterocycles. The van der Waals surface area contributed by atoms with Gasteiger partial charge in [-0.1, -0.05) is 6.07 Å². The Morgan fingerprint density at radius 3 is 3.12 bits per heavy atom. The van der Waals surface area contributed by atoms with E-state index >= 15 is 0 Å². The Morgan fingerprint density at radius 1 is 1.53 bits per heavy atom. The predicted molar refractivity (Wildman–Crippen MR) is 69.8 cm³/mol. The molecular weight excluding hydrogens is 236 g/mol. The van der Waals surface area contributed by atoms with E-state index in [0.29, 0.717) is 0 Å². The van der Waals surface area contributed by atoms with Crippen molar-refractivity contribution in [2.45, 2.75) is 18.2 Å². The van der Waals surface area contributed by atoms with Gasteiger partial charge < -0.3 is 9.72 Å². The molecule has 1 aliphatic rings. The molecule has 1 N–H and O–H groups in total. The maximum atomic E-state index is 12.0. The van der Waals surface area contributed by atoms with E-state index in [-0.39, 0.29) is 11.1 Å². The molecule has 1 saturated heterocycles. The van der Waals surface area contributed by atoms with Gasteiger partial charge in [-0.15, -0.1) is 11.8 Å². The van der Waals surface area contributed by atoms with E-state index in [2.05, 4.69) is 4.98 Å². The van der Waals surface area contributed by atoms with E-state index in [1.807, 2.05) is 34.5 Å². The number of imidazole rings is 1. The molecule has 3 rings (SSSR count). The van der Waals surface area contributed by atoms with Crippen LogP contribution in [0.1, 0.15) is 18.2 Å². The molecular formula is C12H14N2O2S. The number of thioether (sulfide) groups is 1. The Kier molecular flexibility index (Phi) is 2.63. The summed E-state index contributed by atoms with van der Waals surface area (Å²) in [6.45, 7) is 0. The third-order valence-corrected chi connectivity index (χ3v) is 4.48. The second kappa shape index (κ2) is 4.14. The number of H-pyrrole nitrogens is 1. The molecule has 0 radical (unpaired) electrons. The van der Waals surface area contributed by atoms with Crippen molar-refractivity contribution in [3.05, 3.63) is 28.7 Å². The van der Waals surface area contributed by atoms with Crippen LogP contribution in [-0.4, -0.2) is 22.4 Å². The summed E-state index contributed by atoms with van der Waals surface area (Å²) in [6.07, 6.45) is 2.24. The summed E-state index contributed by atoms with van der Waals surface area (Å²) >= 11 is 1.84. The van der Waals surface area contributed by atoms with Gasteiger partial charge in [-0.25, -0.2) is 4.79 Å². The number of fused-ring (bicyclic) bond motifs is 1. The van der Waals surface area contributed by atoms with Crippen LogP contribution in [0.3, 0.4) is 0 Å². The highest BCUT2D eigenvalue weighted by atomic mass is 32.2. The smallest absolute Gasteiger partial charge is 0.327 e. The van der Waals surface area contributed by atoms with Gasteiger partial charge in [-0.05, 0) is 30.7 Å². The molecule has 1 atom stereocenters. The van der Waals surface area contributed by atoms with E-state index < -0.39 is 0 Å². The van der Waals surface area contributed by atoms with Crippen LogP contribution in [-0.2, 0) is 0 Å². The number of hydrogen-bond acceptors (Lipinski definition) is 3. The third-order valence-electron chi connectivity index (χ3n) is 3.13. The van der Waals surface area contributed by atoms with Crippen molar-refractivity contribution >= 4 is 22.8 Å². The van der Waals surface area contributed by atoms with Gasteiger partial charge in [-0.3, -0.25) is 4.57 Å². The number of nitrogens with zero attached hydrogens (tertiary/aromatic N) is 1. The van der Waals surface area contributed by atoms with Crippen molar-refractivity contribution in [2.75, 3.05) is 12.9 Å². The zero-order valence-corrected chi connectivity index (χ0v) is 10.4. The van der Waals surface area contributed by atoms with Gasteiger partial charge in [0.2, 0.25) is 0 Å². The number of nitrogens with one attached hydrogen (secondary N) is 1. The molecule has 0 aliphatic carbocycles. The van der Waals surface area contributed by atoms with E-state index in [1.54, 1.807) is 7.11 Å². The van der Waals surface area contributed by atoms with Crippen LogP contribution in [0.25, 0.3) is 11.0 Å². The number of aromatic nitrogens is 2. The Balaban J connectivity index is 2.24. The summed E-state index contributed by atoms with van der Waals surface area (Å²) in [7, 11) is 1.62. The van der Waals surface area contributed by atoms with Crippen LogP contribution >= 0.6 is 11.8 Å². The van der Waals surface area contributed by atoms with Gasteiger partial charge in [0.15, 0.2) is 0 Å². The Labute approximate surface area is 103 Å². The fourth-order valence-corrected chi connectivity index (χ4v) is 3.64. The van der Waals surface area contributed by atoms with Crippen molar-refractivity contribution in [2.24, 2.45) is 0 Å². The minimum absolute atomic E-state index is 0.0381.